The van der Waals surface area contributed by atoms with Crippen LogP contribution in [-0.2, 0) is 0 Å². The van der Waals surface area contributed by atoms with E-state index in [-0.39, 0.29) is 11.9 Å². The molecule has 152 valence electrons. The van der Waals surface area contributed by atoms with E-state index in [2.05, 4.69) is 31.2 Å². The smallest absolute Gasteiger partial charge is 0.254 e. The third-order valence-electron chi connectivity index (χ3n) is 5.71. The largest absolute Gasteiger partial charge is 0.328 e. The lowest BCUT2D eigenvalue weighted by Gasteiger charge is -2.23. The highest BCUT2D eigenvalue weighted by atomic mass is 79.9. The van der Waals surface area contributed by atoms with Gasteiger partial charge in [0, 0.05) is 18.3 Å². The van der Waals surface area contributed by atoms with Gasteiger partial charge >= 0.3 is 0 Å². The fourth-order valence-electron chi connectivity index (χ4n) is 4.15. The molecule has 30 heavy (non-hydrogen) atoms. The maximum atomic E-state index is 13.3. The number of hydrogen-bond donors (Lipinski definition) is 0. The first-order chi connectivity index (χ1) is 14.5. The third kappa shape index (κ3) is 3.02. The van der Waals surface area contributed by atoms with Crippen molar-refractivity contribution in [3.05, 3.63) is 75.9 Å². The maximum Gasteiger partial charge on any atom is 0.254 e. The minimum Gasteiger partial charge on any atom is -0.328 e. The van der Waals surface area contributed by atoms with Crippen molar-refractivity contribution in [1.82, 2.24) is 29.3 Å². The average molecular weight is 465 g/mol. The summed E-state index contributed by atoms with van der Waals surface area (Å²) in [5.41, 5.74) is 4.37. The molecule has 1 atom stereocenters. The monoisotopic (exact) mass is 464 g/mol. The minimum absolute atomic E-state index is 0.0197. The quantitative estimate of drug-likeness (QED) is 0.453. The van der Waals surface area contributed by atoms with Gasteiger partial charge in [-0.05, 0) is 79.0 Å². The molecule has 0 aliphatic carbocycles. The zero-order valence-electron chi connectivity index (χ0n) is 16.8. The summed E-state index contributed by atoms with van der Waals surface area (Å²) < 4.78 is 4.86. The molecule has 1 saturated heterocycles. The first-order valence-electron chi connectivity index (χ1n) is 9.97. The van der Waals surface area contributed by atoms with Crippen LogP contribution in [0.3, 0.4) is 0 Å². The summed E-state index contributed by atoms with van der Waals surface area (Å²) in [7, 11) is 0. The van der Waals surface area contributed by atoms with Gasteiger partial charge in [-0.2, -0.15) is 5.10 Å². The van der Waals surface area contributed by atoms with Crippen molar-refractivity contribution >= 4 is 27.5 Å². The summed E-state index contributed by atoms with van der Waals surface area (Å²) in [4.78, 5) is 15.2. The lowest BCUT2D eigenvalue weighted by atomic mass is 10.1. The van der Waals surface area contributed by atoms with Gasteiger partial charge in [0.2, 0.25) is 0 Å². The van der Waals surface area contributed by atoms with E-state index in [1.165, 1.54) is 0 Å². The van der Waals surface area contributed by atoms with Crippen LogP contribution in [0.25, 0.3) is 11.3 Å². The molecule has 3 aromatic heterocycles. The van der Waals surface area contributed by atoms with Crippen LogP contribution >= 0.6 is 15.9 Å². The predicted molar refractivity (Wildman–Crippen MR) is 117 cm³/mol. The van der Waals surface area contributed by atoms with Crippen molar-refractivity contribution in [2.45, 2.75) is 32.7 Å². The molecule has 8 heteroatoms. The van der Waals surface area contributed by atoms with Crippen LogP contribution in [0.2, 0.25) is 0 Å². The van der Waals surface area contributed by atoms with Crippen LogP contribution in [-0.4, -0.2) is 41.7 Å². The van der Waals surface area contributed by atoms with Crippen molar-refractivity contribution in [2.75, 3.05) is 6.54 Å². The number of pyridine rings is 1. The second kappa shape index (κ2) is 7.36. The number of aryl methyl sites for hydroxylation is 1. The molecule has 1 amide bonds. The van der Waals surface area contributed by atoms with E-state index in [0.29, 0.717) is 5.56 Å². The van der Waals surface area contributed by atoms with E-state index in [0.717, 1.165) is 52.4 Å². The van der Waals surface area contributed by atoms with Gasteiger partial charge in [0.05, 0.1) is 27.6 Å². The highest BCUT2D eigenvalue weighted by molar-refractivity contribution is 9.10. The number of halogens is 1. The third-order valence-corrected chi connectivity index (χ3v) is 6.86. The first kappa shape index (κ1) is 19.0. The SMILES string of the molecule is Cc1nn(-c2ccc(C(=O)N3CCCC3c3nnc4ccccn34)cc2)c(C)c1Br. The van der Waals surface area contributed by atoms with Crippen LogP contribution < -0.4 is 0 Å². The number of carbonyl (C=O) groups is 1. The Morgan fingerprint density at radius 2 is 1.90 bits per heavy atom. The predicted octanol–water partition coefficient (Wildman–Crippen LogP) is 4.27. The molecule has 4 aromatic rings. The fourth-order valence-corrected chi connectivity index (χ4v) is 4.40. The van der Waals surface area contributed by atoms with Crippen LogP contribution in [0.1, 0.15) is 46.5 Å². The summed E-state index contributed by atoms with van der Waals surface area (Å²) in [5, 5.41) is 13.2. The van der Waals surface area contributed by atoms with Gasteiger partial charge in [-0.25, -0.2) is 4.68 Å². The molecule has 7 nitrogen and oxygen atoms in total. The molecular weight excluding hydrogens is 444 g/mol. The topological polar surface area (TPSA) is 68.3 Å². The number of aromatic nitrogens is 5. The zero-order valence-corrected chi connectivity index (χ0v) is 18.4. The number of carbonyl (C=O) groups excluding carboxylic acids is 1. The van der Waals surface area contributed by atoms with Gasteiger partial charge < -0.3 is 4.90 Å². The van der Waals surface area contributed by atoms with Crippen molar-refractivity contribution < 1.29 is 4.79 Å². The molecule has 1 aliphatic rings. The van der Waals surface area contributed by atoms with Gasteiger partial charge in [-0.15, -0.1) is 10.2 Å². The number of likely N-dealkylation sites (tertiary alicyclic amines) is 1. The number of hydrogen-bond acceptors (Lipinski definition) is 4. The molecule has 0 radical (unpaired) electrons. The Balaban J connectivity index is 1.43. The van der Waals surface area contributed by atoms with Crippen LogP contribution in [0.15, 0.2) is 53.1 Å². The van der Waals surface area contributed by atoms with Gasteiger partial charge in [-0.3, -0.25) is 9.20 Å². The highest BCUT2D eigenvalue weighted by Crippen LogP contribution is 2.32. The second-order valence-corrected chi connectivity index (χ2v) is 8.38. The van der Waals surface area contributed by atoms with Crippen molar-refractivity contribution in [2.24, 2.45) is 0 Å². The lowest BCUT2D eigenvalue weighted by Crippen LogP contribution is -2.31. The van der Waals surface area contributed by atoms with E-state index in [9.17, 15) is 4.79 Å². The molecule has 5 rings (SSSR count). The Hall–Kier alpha value is -3.00. The summed E-state index contributed by atoms with van der Waals surface area (Å²) in [5.74, 6) is 0.840. The highest BCUT2D eigenvalue weighted by Gasteiger charge is 2.33. The molecule has 1 fully saturated rings. The summed E-state index contributed by atoms with van der Waals surface area (Å²) >= 11 is 3.57. The lowest BCUT2D eigenvalue weighted by molar-refractivity contribution is 0.0729. The van der Waals surface area contributed by atoms with Crippen LogP contribution in [0, 0.1) is 13.8 Å². The van der Waals surface area contributed by atoms with E-state index >= 15 is 0 Å². The summed E-state index contributed by atoms with van der Waals surface area (Å²) in [6.07, 6.45) is 3.79. The number of nitrogens with zero attached hydrogens (tertiary/aromatic N) is 6. The van der Waals surface area contributed by atoms with Gasteiger partial charge in [0.1, 0.15) is 0 Å². The van der Waals surface area contributed by atoms with E-state index in [1.54, 1.807) is 0 Å². The number of rotatable bonds is 3. The van der Waals surface area contributed by atoms with Crippen molar-refractivity contribution in [3.8, 4) is 5.69 Å². The standard InChI is InChI=1S/C22H21BrN6O/c1-14-20(23)15(2)29(26-14)17-10-8-16(9-11-17)22(30)27-13-5-6-18(27)21-25-24-19-7-3-4-12-28(19)21/h3-4,7-12,18H,5-6,13H2,1-2H3. The Morgan fingerprint density at radius 1 is 1.10 bits per heavy atom. The molecule has 0 spiro atoms. The molecular formula is C22H21BrN6O. The van der Waals surface area contributed by atoms with Crippen molar-refractivity contribution in [3.63, 3.8) is 0 Å². The molecule has 1 aromatic carbocycles. The Kier molecular flexibility index (Phi) is 4.66. The number of benzene rings is 1. The molecule has 0 saturated carbocycles. The van der Waals surface area contributed by atoms with E-state index in [1.807, 2.05) is 76.5 Å². The van der Waals surface area contributed by atoms with E-state index in [4.69, 9.17) is 0 Å². The molecule has 1 aliphatic heterocycles. The average Bonchev–Trinajstić information content (AvgIpc) is 3.48. The van der Waals surface area contributed by atoms with E-state index < -0.39 is 0 Å². The van der Waals surface area contributed by atoms with Gasteiger partial charge in [0.25, 0.3) is 5.91 Å². The molecule has 4 heterocycles. The second-order valence-electron chi connectivity index (χ2n) is 7.59. The Bertz CT molecular complexity index is 1240. The first-order valence-corrected chi connectivity index (χ1v) is 10.8. The Morgan fingerprint density at radius 3 is 2.63 bits per heavy atom. The van der Waals surface area contributed by atoms with Crippen LogP contribution in [0.5, 0.6) is 0 Å². The van der Waals surface area contributed by atoms with Crippen molar-refractivity contribution in [1.29, 1.82) is 0 Å². The molecule has 0 bridgehead atoms. The normalized spacial score (nSPS) is 16.5. The number of fused-ring (bicyclic) bond motifs is 1. The fraction of sp³-hybridized carbons (Fsp3) is 0.273. The summed E-state index contributed by atoms with van der Waals surface area (Å²) in [6.45, 7) is 4.70. The maximum absolute atomic E-state index is 13.3. The van der Waals surface area contributed by atoms with Gasteiger partial charge in [0.15, 0.2) is 11.5 Å². The van der Waals surface area contributed by atoms with Gasteiger partial charge in [-0.1, -0.05) is 6.07 Å². The summed E-state index contributed by atoms with van der Waals surface area (Å²) in [6, 6.07) is 13.4. The number of amides is 1. The molecule has 0 N–H and O–H groups in total. The minimum atomic E-state index is -0.0680. The Labute approximate surface area is 182 Å². The molecule has 1 unspecified atom stereocenters. The zero-order chi connectivity index (χ0) is 20.8. The van der Waals surface area contributed by atoms with Crippen LogP contribution in [0.4, 0.5) is 0 Å².